The van der Waals surface area contributed by atoms with Gasteiger partial charge >= 0.3 is 0 Å². The Morgan fingerprint density at radius 3 is 1.71 bits per heavy atom. The maximum absolute atomic E-state index is 5.88. The van der Waals surface area contributed by atoms with Crippen molar-refractivity contribution < 1.29 is 4.74 Å². The van der Waals surface area contributed by atoms with E-state index in [1.165, 1.54) is 30.4 Å². The van der Waals surface area contributed by atoms with Crippen LogP contribution < -0.4 is 0 Å². The zero-order chi connectivity index (χ0) is 18.8. The van der Waals surface area contributed by atoms with Crippen molar-refractivity contribution in [1.82, 2.24) is 9.97 Å². The van der Waals surface area contributed by atoms with Gasteiger partial charge in [0.1, 0.15) is 0 Å². The first-order chi connectivity index (χ1) is 13.9. The van der Waals surface area contributed by atoms with Crippen LogP contribution in [0.3, 0.4) is 0 Å². The molecule has 1 aliphatic heterocycles. The van der Waals surface area contributed by atoms with Crippen LogP contribution in [0.15, 0.2) is 80.5 Å². The van der Waals surface area contributed by atoms with E-state index in [-0.39, 0.29) is 0 Å². The van der Waals surface area contributed by atoms with E-state index in [9.17, 15) is 0 Å². The number of aromatic nitrogens is 2. The second kappa shape index (κ2) is 8.33. The predicted molar refractivity (Wildman–Crippen MR) is 120 cm³/mol. The third kappa shape index (κ3) is 3.62. The topological polar surface area (TPSA) is 35.0 Å². The molecule has 0 atom stereocenters. The Morgan fingerprint density at radius 1 is 0.679 bits per heavy atom. The van der Waals surface area contributed by atoms with Gasteiger partial charge in [-0.05, 0) is 12.1 Å². The number of hydrogen-bond donors (Lipinski definition) is 0. The molecule has 1 aliphatic rings. The van der Waals surface area contributed by atoms with Crippen molar-refractivity contribution in [2.24, 2.45) is 0 Å². The first-order valence-electron chi connectivity index (χ1n) is 9.17. The van der Waals surface area contributed by atoms with E-state index in [1.54, 1.807) is 11.8 Å². The summed E-state index contributed by atoms with van der Waals surface area (Å²) in [6.07, 6.45) is 4.01. The summed E-state index contributed by atoms with van der Waals surface area (Å²) in [5.74, 6) is 1.88. The van der Waals surface area contributed by atoms with Crippen molar-refractivity contribution >= 4 is 57.1 Å². The highest BCUT2D eigenvalue weighted by atomic mass is 32.2. The van der Waals surface area contributed by atoms with Crippen LogP contribution in [0.1, 0.15) is 0 Å². The predicted octanol–water partition coefficient (Wildman–Crippen LogP) is 6.15. The molecule has 0 unspecified atom stereocenters. The molecule has 0 bridgehead atoms. The van der Waals surface area contributed by atoms with Crippen LogP contribution in [-0.2, 0) is 4.74 Å². The number of hydrogen-bond acceptors (Lipinski definition) is 6. The van der Waals surface area contributed by atoms with E-state index >= 15 is 0 Å². The summed E-state index contributed by atoms with van der Waals surface area (Å²) in [5.41, 5.74) is 2.07. The Morgan fingerprint density at radius 2 is 1.18 bits per heavy atom. The number of fused-ring (bicyclic) bond motifs is 6. The maximum Gasteiger partial charge on any atom is 0.0714 e. The van der Waals surface area contributed by atoms with Crippen molar-refractivity contribution in [3.63, 3.8) is 0 Å². The molecule has 0 N–H and O–H groups in total. The van der Waals surface area contributed by atoms with Crippen LogP contribution in [0.4, 0.5) is 0 Å². The van der Waals surface area contributed by atoms with Gasteiger partial charge < -0.3 is 4.74 Å². The van der Waals surface area contributed by atoms with Crippen LogP contribution in [0, 0.1) is 0 Å². The minimum absolute atomic E-state index is 0.760. The molecule has 2 aromatic heterocycles. The molecule has 2 aromatic carbocycles. The van der Waals surface area contributed by atoms with Gasteiger partial charge in [0, 0.05) is 54.3 Å². The van der Waals surface area contributed by atoms with Crippen molar-refractivity contribution in [3.05, 3.63) is 60.9 Å². The van der Waals surface area contributed by atoms with E-state index in [2.05, 4.69) is 36.4 Å². The van der Waals surface area contributed by atoms with E-state index in [0.717, 1.165) is 35.8 Å². The molecule has 0 radical (unpaired) electrons. The Kier molecular flexibility index (Phi) is 5.45. The van der Waals surface area contributed by atoms with Gasteiger partial charge in [-0.15, -0.1) is 23.5 Å². The molecule has 3 heterocycles. The second-order valence-corrected chi connectivity index (χ2v) is 9.64. The molecule has 0 saturated carbocycles. The molecule has 0 saturated heterocycles. The Labute approximate surface area is 176 Å². The lowest BCUT2D eigenvalue weighted by molar-refractivity contribution is 0.167. The molecular formula is C22H18N2OS3. The molecule has 0 spiro atoms. The fraction of sp³-hybridized carbons (Fsp3) is 0.182. The highest BCUT2D eigenvalue weighted by Crippen LogP contribution is 2.44. The summed E-state index contributed by atoms with van der Waals surface area (Å²) in [5, 5.41) is 2.41. The van der Waals surface area contributed by atoms with Gasteiger partial charge in [0.2, 0.25) is 0 Å². The van der Waals surface area contributed by atoms with E-state index in [0.29, 0.717) is 0 Å². The minimum Gasteiger partial charge on any atom is -0.380 e. The number of rotatable bonds is 0. The third-order valence-electron chi connectivity index (χ3n) is 4.55. The van der Waals surface area contributed by atoms with Gasteiger partial charge in [0.05, 0.1) is 24.2 Å². The molecule has 28 heavy (non-hydrogen) atoms. The van der Waals surface area contributed by atoms with Gasteiger partial charge in [-0.3, -0.25) is 9.97 Å². The average Bonchev–Trinajstić information content (AvgIpc) is 2.73. The maximum atomic E-state index is 5.88. The van der Waals surface area contributed by atoms with Gasteiger partial charge in [-0.2, -0.15) is 0 Å². The van der Waals surface area contributed by atoms with E-state index in [1.807, 2.05) is 48.1 Å². The average molecular weight is 423 g/mol. The van der Waals surface area contributed by atoms with Gasteiger partial charge in [-0.1, -0.05) is 48.2 Å². The van der Waals surface area contributed by atoms with Crippen LogP contribution in [-0.4, -0.2) is 34.7 Å². The molecule has 6 heteroatoms. The number of benzene rings is 2. The van der Waals surface area contributed by atoms with Crippen LogP contribution >= 0.6 is 35.3 Å². The molecule has 4 aromatic rings. The van der Waals surface area contributed by atoms with Gasteiger partial charge in [-0.25, -0.2) is 0 Å². The smallest absolute Gasteiger partial charge is 0.0714 e. The fourth-order valence-electron chi connectivity index (χ4n) is 3.26. The second-order valence-electron chi connectivity index (χ2n) is 6.35. The highest BCUT2D eigenvalue weighted by molar-refractivity contribution is 8.03. The number of nitrogens with zero attached hydrogens (tertiary/aromatic N) is 2. The lowest BCUT2D eigenvalue weighted by atomic mass is 10.2. The van der Waals surface area contributed by atoms with E-state index in [4.69, 9.17) is 14.7 Å². The van der Waals surface area contributed by atoms with Crippen molar-refractivity contribution in [1.29, 1.82) is 0 Å². The molecule has 0 fully saturated rings. The zero-order valence-corrected chi connectivity index (χ0v) is 17.6. The summed E-state index contributed by atoms with van der Waals surface area (Å²) in [7, 11) is 0. The minimum atomic E-state index is 0.760. The number of thioether (sulfide) groups is 2. The normalized spacial score (nSPS) is 15.4. The number of pyridine rings is 2. The number of ether oxygens (including phenoxy) is 1. The molecular weight excluding hydrogens is 404 g/mol. The molecule has 0 amide bonds. The largest absolute Gasteiger partial charge is 0.380 e. The molecule has 3 nitrogen and oxygen atoms in total. The highest BCUT2D eigenvalue weighted by Gasteiger charge is 2.16. The first kappa shape index (κ1) is 18.3. The quantitative estimate of drug-likeness (QED) is 0.338. The molecule has 140 valence electrons. The first-order valence-corrected chi connectivity index (χ1v) is 12.0. The third-order valence-corrected chi connectivity index (χ3v) is 8.07. The zero-order valence-electron chi connectivity index (χ0n) is 15.1. The Bertz CT molecular complexity index is 1060. The summed E-state index contributed by atoms with van der Waals surface area (Å²) >= 11 is 5.49. The van der Waals surface area contributed by atoms with Crippen LogP contribution in [0.2, 0.25) is 0 Å². The molecule has 5 rings (SSSR count). The molecule has 0 aliphatic carbocycles. The summed E-state index contributed by atoms with van der Waals surface area (Å²) in [6.45, 7) is 1.52. The summed E-state index contributed by atoms with van der Waals surface area (Å²) in [4.78, 5) is 14.3. The lowest BCUT2D eigenvalue weighted by Crippen LogP contribution is -2.03. The Balaban J connectivity index is 1.68. The Hall–Kier alpha value is -1.73. The van der Waals surface area contributed by atoms with Gasteiger partial charge in [0.15, 0.2) is 0 Å². The number of para-hydroxylation sites is 2. The van der Waals surface area contributed by atoms with Gasteiger partial charge in [0.25, 0.3) is 0 Å². The summed E-state index contributed by atoms with van der Waals surface area (Å²) < 4.78 is 5.88. The SMILES string of the molecule is c1ccc2c3c(cnc2c1)Sc1cnc2ccccc2c1SCCOCCS3. The van der Waals surface area contributed by atoms with Crippen LogP contribution in [0.5, 0.6) is 0 Å². The summed E-state index contributed by atoms with van der Waals surface area (Å²) in [6, 6.07) is 16.7. The van der Waals surface area contributed by atoms with Crippen LogP contribution in [0.25, 0.3) is 21.8 Å². The van der Waals surface area contributed by atoms with Crippen molar-refractivity contribution in [3.8, 4) is 0 Å². The fourth-order valence-corrected chi connectivity index (χ4v) is 6.58. The lowest BCUT2D eigenvalue weighted by Gasteiger charge is -2.16. The van der Waals surface area contributed by atoms with Crippen molar-refractivity contribution in [2.75, 3.05) is 24.7 Å². The monoisotopic (exact) mass is 422 g/mol. The standard InChI is InChI=1S/C22H18N2OS3/c1-3-7-17-15(5-1)21-19(13-23-17)28-20-14-24-18-8-4-2-6-16(18)22(20)27-12-10-25-9-11-26-21/h1-8,13-14H,9-12H2. The van der Waals surface area contributed by atoms with Crippen molar-refractivity contribution in [2.45, 2.75) is 19.6 Å². The van der Waals surface area contributed by atoms with E-state index < -0.39 is 0 Å².